The van der Waals surface area contributed by atoms with Crippen molar-refractivity contribution in [3.63, 3.8) is 0 Å². The van der Waals surface area contributed by atoms with E-state index in [1.54, 1.807) is 11.8 Å². The van der Waals surface area contributed by atoms with Gasteiger partial charge in [0, 0.05) is 41.5 Å². The van der Waals surface area contributed by atoms with E-state index < -0.39 is 0 Å². The molecule has 0 aromatic heterocycles. The Morgan fingerprint density at radius 1 is 1.23 bits per heavy atom. The summed E-state index contributed by atoms with van der Waals surface area (Å²) in [6.07, 6.45) is 1.56. The number of nitrogens with zero attached hydrogens (tertiary/aromatic N) is 1. The number of carbonyl (C=O) groups is 1. The second-order valence-corrected chi connectivity index (χ2v) is 7.77. The van der Waals surface area contributed by atoms with E-state index in [2.05, 4.69) is 22.8 Å². The van der Waals surface area contributed by atoms with Crippen LogP contribution in [0.2, 0.25) is 0 Å². The first kappa shape index (κ1) is 18.7. The highest BCUT2D eigenvalue weighted by Gasteiger charge is 2.23. The minimum atomic E-state index is 0.198. The molecule has 1 aliphatic rings. The standard InChI is InChI=1S/C20H23N3OS2/c1-15-9-10-16(14-18(15)23-12-5-8-19(23)24)22-20(25)21-11-13-26-17-6-3-2-4-7-17/h2-4,6-7,9-10,14H,5,8,11-13H2,1H3,(H2,21,22,25). The van der Waals surface area contributed by atoms with Gasteiger partial charge in [0.25, 0.3) is 0 Å². The van der Waals surface area contributed by atoms with Crippen LogP contribution in [0.25, 0.3) is 0 Å². The van der Waals surface area contributed by atoms with Gasteiger partial charge in [-0.05, 0) is 55.4 Å². The largest absolute Gasteiger partial charge is 0.362 e. The van der Waals surface area contributed by atoms with Crippen molar-refractivity contribution in [1.29, 1.82) is 0 Å². The first-order valence-electron chi connectivity index (χ1n) is 8.77. The predicted octanol–water partition coefficient (Wildman–Crippen LogP) is 4.20. The molecule has 2 aromatic rings. The number of anilines is 2. The summed E-state index contributed by atoms with van der Waals surface area (Å²) in [4.78, 5) is 15.1. The van der Waals surface area contributed by atoms with E-state index in [1.807, 2.05) is 48.2 Å². The Kier molecular flexibility index (Phi) is 6.52. The van der Waals surface area contributed by atoms with Crippen molar-refractivity contribution < 1.29 is 4.79 Å². The Hall–Kier alpha value is -2.05. The summed E-state index contributed by atoms with van der Waals surface area (Å²) in [5.41, 5.74) is 2.97. The van der Waals surface area contributed by atoms with Crippen LogP contribution in [0.15, 0.2) is 53.4 Å². The van der Waals surface area contributed by atoms with E-state index in [-0.39, 0.29) is 5.91 Å². The quantitative estimate of drug-likeness (QED) is 0.443. The molecule has 1 amide bonds. The van der Waals surface area contributed by atoms with Crippen LogP contribution in [0.3, 0.4) is 0 Å². The molecule has 0 saturated carbocycles. The molecule has 6 heteroatoms. The number of hydrogen-bond acceptors (Lipinski definition) is 3. The minimum absolute atomic E-state index is 0.198. The van der Waals surface area contributed by atoms with Crippen LogP contribution in [-0.4, -0.2) is 29.9 Å². The van der Waals surface area contributed by atoms with Crippen molar-refractivity contribution in [2.45, 2.75) is 24.7 Å². The highest BCUT2D eigenvalue weighted by Crippen LogP contribution is 2.28. The van der Waals surface area contributed by atoms with Crippen LogP contribution in [-0.2, 0) is 4.79 Å². The smallest absolute Gasteiger partial charge is 0.227 e. The number of rotatable bonds is 6. The molecular weight excluding hydrogens is 362 g/mol. The molecule has 26 heavy (non-hydrogen) atoms. The summed E-state index contributed by atoms with van der Waals surface area (Å²) >= 11 is 7.18. The normalized spacial score (nSPS) is 13.7. The average Bonchev–Trinajstić information content (AvgIpc) is 3.07. The molecule has 136 valence electrons. The van der Waals surface area contributed by atoms with Crippen LogP contribution in [0.4, 0.5) is 11.4 Å². The molecule has 0 spiro atoms. The maximum absolute atomic E-state index is 12.0. The van der Waals surface area contributed by atoms with Gasteiger partial charge in [-0.2, -0.15) is 0 Å². The van der Waals surface area contributed by atoms with Gasteiger partial charge in [0.05, 0.1) is 0 Å². The Morgan fingerprint density at radius 2 is 2.04 bits per heavy atom. The van der Waals surface area contributed by atoms with Crippen LogP contribution in [0, 0.1) is 6.92 Å². The molecule has 0 unspecified atom stereocenters. The first-order chi connectivity index (χ1) is 12.6. The molecule has 1 aliphatic heterocycles. The van der Waals surface area contributed by atoms with Gasteiger partial charge in [0.1, 0.15) is 0 Å². The first-order valence-corrected chi connectivity index (χ1v) is 10.2. The molecule has 1 heterocycles. The fourth-order valence-electron chi connectivity index (χ4n) is 2.91. The monoisotopic (exact) mass is 385 g/mol. The van der Waals surface area contributed by atoms with Crippen molar-refractivity contribution in [1.82, 2.24) is 5.32 Å². The third-order valence-corrected chi connectivity index (χ3v) is 5.49. The van der Waals surface area contributed by atoms with Crippen molar-refractivity contribution in [3.05, 3.63) is 54.1 Å². The Labute approximate surface area is 164 Å². The number of nitrogens with one attached hydrogen (secondary N) is 2. The minimum Gasteiger partial charge on any atom is -0.362 e. The Morgan fingerprint density at radius 3 is 2.77 bits per heavy atom. The molecule has 1 saturated heterocycles. The van der Waals surface area contributed by atoms with Crippen molar-refractivity contribution in [2.75, 3.05) is 29.1 Å². The summed E-state index contributed by atoms with van der Waals surface area (Å²) < 4.78 is 0. The van der Waals surface area contributed by atoms with Gasteiger partial charge in [0.15, 0.2) is 5.11 Å². The van der Waals surface area contributed by atoms with Gasteiger partial charge in [-0.15, -0.1) is 11.8 Å². The van der Waals surface area contributed by atoms with Crippen molar-refractivity contribution in [3.8, 4) is 0 Å². The van der Waals surface area contributed by atoms with Gasteiger partial charge in [-0.3, -0.25) is 4.79 Å². The van der Waals surface area contributed by atoms with Gasteiger partial charge < -0.3 is 15.5 Å². The molecular formula is C20H23N3OS2. The van der Waals surface area contributed by atoms with Gasteiger partial charge in [-0.25, -0.2) is 0 Å². The molecule has 1 fully saturated rings. The average molecular weight is 386 g/mol. The fourth-order valence-corrected chi connectivity index (χ4v) is 3.92. The van der Waals surface area contributed by atoms with Crippen LogP contribution < -0.4 is 15.5 Å². The second-order valence-electron chi connectivity index (χ2n) is 6.19. The highest BCUT2D eigenvalue weighted by atomic mass is 32.2. The summed E-state index contributed by atoms with van der Waals surface area (Å²) in [7, 11) is 0. The topological polar surface area (TPSA) is 44.4 Å². The molecule has 4 nitrogen and oxygen atoms in total. The predicted molar refractivity (Wildman–Crippen MR) is 114 cm³/mol. The van der Waals surface area contributed by atoms with Gasteiger partial charge >= 0.3 is 0 Å². The van der Waals surface area contributed by atoms with E-state index in [4.69, 9.17) is 12.2 Å². The molecule has 0 radical (unpaired) electrons. The number of aryl methyl sites for hydroxylation is 1. The fraction of sp³-hybridized carbons (Fsp3) is 0.300. The zero-order valence-electron chi connectivity index (χ0n) is 14.8. The molecule has 0 aliphatic carbocycles. The lowest BCUT2D eigenvalue weighted by Gasteiger charge is -2.20. The van der Waals surface area contributed by atoms with Crippen LogP contribution in [0.1, 0.15) is 18.4 Å². The summed E-state index contributed by atoms with van der Waals surface area (Å²) in [6.45, 7) is 3.61. The number of thioether (sulfide) groups is 1. The summed E-state index contributed by atoms with van der Waals surface area (Å²) in [6, 6.07) is 16.3. The van der Waals surface area contributed by atoms with Crippen molar-refractivity contribution in [2.24, 2.45) is 0 Å². The lowest BCUT2D eigenvalue weighted by molar-refractivity contribution is -0.117. The SMILES string of the molecule is Cc1ccc(NC(=S)NCCSc2ccccc2)cc1N1CCCC1=O. The second kappa shape index (κ2) is 9.05. The number of carbonyl (C=O) groups excluding carboxylic acids is 1. The third-order valence-electron chi connectivity index (χ3n) is 4.23. The van der Waals surface area contributed by atoms with E-state index in [0.29, 0.717) is 11.5 Å². The maximum atomic E-state index is 12.0. The van der Waals surface area contributed by atoms with Gasteiger partial charge in [-0.1, -0.05) is 24.3 Å². The maximum Gasteiger partial charge on any atom is 0.227 e. The molecule has 2 N–H and O–H groups in total. The van der Waals surface area contributed by atoms with Gasteiger partial charge in [0.2, 0.25) is 5.91 Å². The van der Waals surface area contributed by atoms with Crippen LogP contribution >= 0.6 is 24.0 Å². The number of benzene rings is 2. The zero-order chi connectivity index (χ0) is 18.4. The van der Waals surface area contributed by atoms with E-state index >= 15 is 0 Å². The summed E-state index contributed by atoms with van der Waals surface area (Å²) in [5, 5.41) is 7.05. The summed E-state index contributed by atoms with van der Waals surface area (Å²) in [5.74, 6) is 1.14. The molecule has 0 bridgehead atoms. The molecule has 3 rings (SSSR count). The van der Waals surface area contributed by atoms with E-state index in [1.165, 1.54) is 4.90 Å². The third kappa shape index (κ3) is 4.99. The Balaban J connectivity index is 1.50. The van der Waals surface area contributed by atoms with E-state index in [9.17, 15) is 4.79 Å². The van der Waals surface area contributed by atoms with Crippen molar-refractivity contribution >= 4 is 46.4 Å². The Bertz CT molecular complexity index is 780. The number of amides is 1. The number of thiocarbonyl (C=S) groups is 1. The molecule has 0 atom stereocenters. The number of hydrogen-bond donors (Lipinski definition) is 2. The lowest BCUT2D eigenvalue weighted by Crippen LogP contribution is -2.30. The molecule has 2 aromatic carbocycles. The highest BCUT2D eigenvalue weighted by molar-refractivity contribution is 7.99. The zero-order valence-corrected chi connectivity index (χ0v) is 16.5. The lowest BCUT2D eigenvalue weighted by atomic mass is 10.1. The van der Waals surface area contributed by atoms with E-state index in [0.717, 1.165) is 42.2 Å². The van der Waals surface area contributed by atoms with Crippen LogP contribution in [0.5, 0.6) is 0 Å².